The number of anilines is 1. The number of benzene rings is 2. The summed E-state index contributed by atoms with van der Waals surface area (Å²) >= 11 is 1.49. The molecule has 1 saturated heterocycles. The molecule has 0 bridgehead atoms. The van der Waals surface area contributed by atoms with Gasteiger partial charge in [0.25, 0.3) is 0 Å². The smallest absolute Gasteiger partial charge is 0.238 e. The molecule has 7 heteroatoms. The molecule has 2 aromatic carbocycles. The molecule has 2 aliphatic rings. The number of hydrogen-bond donors (Lipinski definition) is 2. The Kier molecular flexibility index (Phi) is 6.06. The van der Waals surface area contributed by atoms with Crippen LogP contribution in [-0.2, 0) is 16.1 Å². The fourth-order valence-electron chi connectivity index (χ4n) is 3.80. The zero-order valence-corrected chi connectivity index (χ0v) is 17.3. The molecule has 1 fully saturated rings. The van der Waals surface area contributed by atoms with Crippen molar-refractivity contribution in [3.05, 3.63) is 54.1 Å². The third-order valence-electron chi connectivity index (χ3n) is 5.50. The highest BCUT2D eigenvalue weighted by atomic mass is 32.2. The quantitative estimate of drug-likeness (QED) is 0.780. The molecule has 2 aliphatic heterocycles. The fourth-order valence-corrected chi connectivity index (χ4v) is 4.90. The molecular weight excluding hydrogens is 386 g/mol. The van der Waals surface area contributed by atoms with Crippen LogP contribution < -0.4 is 15.0 Å². The zero-order valence-electron chi connectivity index (χ0n) is 16.5. The zero-order chi connectivity index (χ0) is 20.2. The Bertz CT molecular complexity index is 879. The number of quaternary nitrogens is 1. The van der Waals surface area contributed by atoms with Crippen molar-refractivity contribution in [3.8, 4) is 5.75 Å². The van der Waals surface area contributed by atoms with Crippen LogP contribution in [0.25, 0.3) is 0 Å². The van der Waals surface area contributed by atoms with E-state index in [0.717, 1.165) is 49.1 Å². The molecule has 2 amide bonds. The van der Waals surface area contributed by atoms with Gasteiger partial charge in [-0.1, -0.05) is 12.1 Å². The topological polar surface area (TPSA) is 63.1 Å². The van der Waals surface area contributed by atoms with Crippen LogP contribution in [0.2, 0.25) is 0 Å². The minimum absolute atomic E-state index is 0.0699. The largest absolute Gasteiger partial charge is 0.497 e. The van der Waals surface area contributed by atoms with Crippen molar-refractivity contribution >= 4 is 29.3 Å². The Labute approximate surface area is 175 Å². The number of carbonyl (C=O) groups is 2. The van der Waals surface area contributed by atoms with Gasteiger partial charge in [0.1, 0.15) is 12.3 Å². The number of piperazine rings is 1. The maximum Gasteiger partial charge on any atom is 0.238 e. The Hall–Kier alpha value is -2.51. The average Bonchev–Trinajstić information content (AvgIpc) is 2.75. The Balaban J connectivity index is 1.27. The number of amides is 2. The molecule has 0 aliphatic carbocycles. The molecular formula is C22H26N3O3S+. The molecule has 2 N–H and O–H groups in total. The fraction of sp³-hybridized carbons (Fsp3) is 0.364. The summed E-state index contributed by atoms with van der Waals surface area (Å²) in [6, 6.07) is 15.9. The second-order valence-corrected chi connectivity index (χ2v) is 8.70. The van der Waals surface area contributed by atoms with Crippen molar-refractivity contribution in [2.24, 2.45) is 0 Å². The van der Waals surface area contributed by atoms with E-state index in [4.69, 9.17) is 4.74 Å². The van der Waals surface area contributed by atoms with Crippen LogP contribution in [0, 0.1) is 0 Å². The number of nitrogens with one attached hydrogen (secondary N) is 2. The highest BCUT2D eigenvalue weighted by Crippen LogP contribution is 2.36. The van der Waals surface area contributed by atoms with E-state index in [0.29, 0.717) is 0 Å². The number of ether oxygens (including phenoxy) is 1. The maximum absolute atomic E-state index is 12.8. The normalized spacial score (nSPS) is 19.4. The summed E-state index contributed by atoms with van der Waals surface area (Å²) in [4.78, 5) is 29.5. The summed E-state index contributed by atoms with van der Waals surface area (Å²) in [6.45, 7) is 4.26. The van der Waals surface area contributed by atoms with Gasteiger partial charge in [-0.25, -0.2) is 0 Å². The van der Waals surface area contributed by atoms with Crippen LogP contribution in [0.5, 0.6) is 5.75 Å². The number of methoxy groups -OCH3 is 1. The summed E-state index contributed by atoms with van der Waals surface area (Å²) < 4.78 is 5.21. The van der Waals surface area contributed by atoms with Gasteiger partial charge in [-0.15, -0.1) is 11.8 Å². The van der Waals surface area contributed by atoms with Crippen molar-refractivity contribution in [1.29, 1.82) is 0 Å². The van der Waals surface area contributed by atoms with Crippen LogP contribution in [0.4, 0.5) is 5.69 Å². The van der Waals surface area contributed by atoms with Gasteiger partial charge in [0, 0.05) is 16.9 Å². The van der Waals surface area contributed by atoms with E-state index in [1.54, 1.807) is 7.11 Å². The van der Waals surface area contributed by atoms with E-state index >= 15 is 0 Å². The van der Waals surface area contributed by atoms with Gasteiger partial charge in [-0.2, -0.15) is 0 Å². The van der Waals surface area contributed by atoms with Crippen molar-refractivity contribution in [2.75, 3.05) is 38.6 Å². The summed E-state index contributed by atoms with van der Waals surface area (Å²) in [5.74, 6) is 0.859. The van der Waals surface area contributed by atoms with Gasteiger partial charge in [-0.3, -0.25) is 9.59 Å². The Morgan fingerprint density at radius 3 is 2.62 bits per heavy atom. The lowest BCUT2D eigenvalue weighted by Gasteiger charge is -2.33. The van der Waals surface area contributed by atoms with Crippen LogP contribution >= 0.6 is 11.8 Å². The third-order valence-corrected chi connectivity index (χ3v) is 6.78. The van der Waals surface area contributed by atoms with Crippen molar-refractivity contribution in [1.82, 2.24) is 4.90 Å². The summed E-state index contributed by atoms with van der Waals surface area (Å²) in [5, 5.41) is 2.56. The Morgan fingerprint density at radius 1 is 1.17 bits per heavy atom. The van der Waals surface area contributed by atoms with Gasteiger partial charge >= 0.3 is 0 Å². The number of nitrogens with zero attached hydrogens (tertiary/aromatic N) is 1. The third kappa shape index (κ3) is 4.74. The number of fused-ring (bicyclic) bond motifs is 1. The number of hydrogen-bond acceptors (Lipinski definition) is 4. The van der Waals surface area contributed by atoms with Crippen LogP contribution in [0.1, 0.15) is 12.0 Å². The van der Waals surface area contributed by atoms with Crippen molar-refractivity contribution in [2.45, 2.75) is 23.1 Å². The number of thioether (sulfide) groups is 1. The van der Waals surface area contributed by atoms with Gasteiger partial charge in [0.2, 0.25) is 11.8 Å². The predicted molar refractivity (Wildman–Crippen MR) is 113 cm³/mol. The second-order valence-electron chi connectivity index (χ2n) is 7.45. The minimum atomic E-state index is -0.359. The molecule has 1 atom stereocenters. The van der Waals surface area contributed by atoms with Crippen molar-refractivity contribution in [3.63, 3.8) is 0 Å². The van der Waals surface area contributed by atoms with E-state index in [9.17, 15) is 9.59 Å². The van der Waals surface area contributed by atoms with E-state index < -0.39 is 0 Å². The first-order chi connectivity index (χ1) is 14.1. The first-order valence-electron chi connectivity index (χ1n) is 9.93. The summed E-state index contributed by atoms with van der Waals surface area (Å²) in [6.07, 6.45) is 0.249. The first-order valence-corrected chi connectivity index (χ1v) is 10.8. The molecule has 0 aromatic heterocycles. The summed E-state index contributed by atoms with van der Waals surface area (Å²) in [7, 11) is 1.67. The molecule has 4 rings (SSSR count). The van der Waals surface area contributed by atoms with Crippen LogP contribution in [0.3, 0.4) is 0 Å². The molecule has 29 heavy (non-hydrogen) atoms. The van der Waals surface area contributed by atoms with Crippen LogP contribution in [-0.4, -0.2) is 55.3 Å². The highest BCUT2D eigenvalue weighted by molar-refractivity contribution is 8.01. The lowest BCUT2D eigenvalue weighted by atomic mass is 10.1. The SMILES string of the molecule is COc1ccc(C[NH+]2CCN(C(=O)C[C@@H]3Sc4ccccc4NC3=O)CC2)cc1. The van der Waals surface area contributed by atoms with E-state index in [1.165, 1.54) is 22.2 Å². The molecule has 6 nitrogen and oxygen atoms in total. The lowest BCUT2D eigenvalue weighted by Crippen LogP contribution is -3.13. The molecule has 2 heterocycles. The standard InChI is InChI=1S/C22H25N3O3S/c1-28-17-8-6-16(7-9-17)15-24-10-12-25(13-11-24)21(26)14-20-22(27)23-18-4-2-3-5-19(18)29-20/h2-9,20H,10-15H2,1H3,(H,23,27)/p+1/t20-/m0/s1. The van der Waals surface area contributed by atoms with Gasteiger partial charge in [-0.05, 0) is 36.4 Å². The average molecular weight is 413 g/mol. The van der Waals surface area contributed by atoms with E-state index in [2.05, 4.69) is 17.4 Å². The second kappa shape index (κ2) is 8.88. The lowest BCUT2D eigenvalue weighted by molar-refractivity contribution is -0.917. The highest BCUT2D eigenvalue weighted by Gasteiger charge is 2.32. The molecule has 0 radical (unpaired) electrons. The summed E-state index contributed by atoms with van der Waals surface area (Å²) in [5.41, 5.74) is 2.11. The Morgan fingerprint density at radius 2 is 1.90 bits per heavy atom. The number of carbonyl (C=O) groups excluding carboxylic acids is 2. The van der Waals surface area contributed by atoms with Gasteiger partial charge in [0.15, 0.2) is 0 Å². The molecule has 152 valence electrons. The van der Waals surface area contributed by atoms with E-state index in [1.807, 2.05) is 41.3 Å². The first kappa shape index (κ1) is 19.8. The number of rotatable bonds is 5. The van der Waals surface area contributed by atoms with Crippen LogP contribution in [0.15, 0.2) is 53.4 Å². The van der Waals surface area contributed by atoms with Crippen molar-refractivity contribution < 1.29 is 19.2 Å². The molecule has 0 saturated carbocycles. The maximum atomic E-state index is 12.8. The number of para-hydroxylation sites is 1. The minimum Gasteiger partial charge on any atom is -0.497 e. The van der Waals surface area contributed by atoms with Gasteiger partial charge < -0.3 is 19.9 Å². The van der Waals surface area contributed by atoms with E-state index in [-0.39, 0.29) is 23.5 Å². The van der Waals surface area contributed by atoms with Gasteiger partial charge in [0.05, 0.1) is 44.2 Å². The molecule has 0 unspecified atom stereocenters. The molecule has 2 aromatic rings. The monoisotopic (exact) mass is 412 g/mol. The molecule has 0 spiro atoms. The predicted octanol–water partition coefficient (Wildman–Crippen LogP) is 1.43.